The molecule has 0 aliphatic rings. The minimum atomic E-state index is -0.0400. The highest BCUT2D eigenvalue weighted by atomic mass is 32.1. The molecule has 0 radical (unpaired) electrons. The minimum Gasteiger partial charge on any atom is -0.374 e. The quantitative estimate of drug-likeness (QED) is 0.841. The number of hydrogen-bond acceptors (Lipinski definition) is 5. The van der Waals surface area contributed by atoms with E-state index < -0.39 is 0 Å². The van der Waals surface area contributed by atoms with Crippen molar-refractivity contribution in [1.82, 2.24) is 9.36 Å². The molecule has 0 amide bonds. The molecular formula is C9H17N3OS. The maximum Gasteiger partial charge on any atom is 0.203 e. The number of aromatic nitrogens is 2. The summed E-state index contributed by atoms with van der Waals surface area (Å²) < 4.78 is 9.35. The number of hydrogen-bond donors (Lipinski definition) is 1. The average Bonchev–Trinajstić information content (AvgIpc) is 2.48. The lowest BCUT2D eigenvalue weighted by Gasteiger charge is -2.18. The Morgan fingerprint density at radius 2 is 2.07 bits per heavy atom. The van der Waals surface area contributed by atoms with Gasteiger partial charge >= 0.3 is 0 Å². The predicted octanol–water partition coefficient (Wildman–Crippen LogP) is 2.46. The highest BCUT2D eigenvalue weighted by molar-refractivity contribution is 7.09. The van der Waals surface area contributed by atoms with Crippen molar-refractivity contribution in [2.45, 2.75) is 39.3 Å². The summed E-state index contributed by atoms with van der Waals surface area (Å²) in [5.74, 6) is 0.740. The van der Waals surface area contributed by atoms with Gasteiger partial charge in [0.1, 0.15) is 6.10 Å². The van der Waals surface area contributed by atoms with Gasteiger partial charge in [0.05, 0.1) is 0 Å². The van der Waals surface area contributed by atoms with Crippen LogP contribution in [0.25, 0.3) is 0 Å². The van der Waals surface area contributed by atoms with Gasteiger partial charge in [0.2, 0.25) is 5.13 Å². The van der Waals surface area contributed by atoms with E-state index in [4.69, 9.17) is 4.74 Å². The van der Waals surface area contributed by atoms with Gasteiger partial charge in [-0.15, -0.1) is 0 Å². The second kappa shape index (κ2) is 4.23. The van der Waals surface area contributed by atoms with E-state index in [1.54, 1.807) is 7.11 Å². The molecule has 4 nitrogen and oxygen atoms in total. The van der Waals surface area contributed by atoms with Crippen molar-refractivity contribution < 1.29 is 4.74 Å². The lowest BCUT2D eigenvalue weighted by atomic mass is 10.1. The van der Waals surface area contributed by atoms with Crippen LogP contribution < -0.4 is 5.32 Å². The van der Waals surface area contributed by atoms with Crippen molar-refractivity contribution in [1.29, 1.82) is 0 Å². The third kappa shape index (κ3) is 3.23. The van der Waals surface area contributed by atoms with Crippen molar-refractivity contribution in [2.24, 2.45) is 0 Å². The molecule has 1 unspecified atom stereocenters. The maximum atomic E-state index is 5.13. The Hall–Kier alpha value is -0.680. The second-order valence-electron chi connectivity index (χ2n) is 4.21. The van der Waals surface area contributed by atoms with Crippen LogP contribution in [0.2, 0.25) is 0 Å². The van der Waals surface area contributed by atoms with Gasteiger partial charge in [-0.2, -0.15) is 4.37 Å². The van der Waals surface area contributed by atoms with Crippen molar-refractivity contribution in [2.75, 3.05) is 12.4 Å². The summed E-state index contributed by atoms with van der Waals surface area (Å²) in [6.45, 7) is 8.21. The van der Waals surface area contributed by atoms with Crippen LogP contribution >= 0.6 is 11.5 Å². The van der Waals surface area contributed by atoms with Crippen LogP contribution in [-0.4, -0.2) is 22.0 Å². The third-order valence-electron chi connectivity index (χ3n) is 1.64. The zero-order valence-electron chi connectivity index (χ0n) is 9.29. The Labute approximate surface area is 88.9 Å². The van der Waals surface area contributed by atoms with Gasteiger partial charge in [-0.3, -0.25) is 0 Å². The van der Waals surface area contributed by atoms with E-state index in [2.05, 4.69) is 35.4 Å². The zero-order valence-corrected chi connectivity index (χ0v) is 10.1. The third-order valence-corrected chi connectivity index (χ3v) is 2.29. The summed E-state index contributed by atoms with van der Waals surface area (Å²) in [5.41, 5.74) is 0.0209. The van der Waals surface area contributed by atoms with Crippen LogP contribution in [0.5, 0.6) is 0 Å². The molecule has 80 valence electrons. The first kappa shape index (κ1) is 11.4. The maximum absolute atomic E-state index is 5.13. The van der Waals surface area contributed by atoms with Gasteiger partial charge in [-0.1, -0.05) is 0 Å². The van der Waals surface area contributed by atoms with E-state index >= 15 is 0 Å². The van der Waals surface area contributed by atoms with E-state index in [-0.39, 0.29) is 11.6 Å². The first-order valence-corrected chi connectivity index (χ1v) is 5.34. The van der Waals surface area contributed by atoms with Crippen LogP contribution in [-0.2, 0) is 4.74 Å². The monoisotopic (exact) mass is 215 g/mol. The van der Waals surface area contributed by atoms with E-state index in [0.717, 1.165) is 11.0 Å². The first-order valence-electron chi connectivity index (χ1n) is 4.57. The van der Waals surface area contributed by atoms with Crippen LogP contribution in [0.3, 0.4) is 0 Å². The fourth-order valence-corrected chi connectivity index (χ4v) is 1.73. The van der Waals surface area contributed by atoms with Gasteiger partial charge in [0, 0.05) is 24.2 Å². The SMILES string of the molecule is COC(C)c1nsc(NC(C)(C)C)n1. The summed E-state index contributed by atoms with van der Waals surface area (Å²) in [6, 6.07) is 0. The molecule has 1 aromatic rings. The summed E-state index contributed by atoms with van der Waals surface area (Å²) >= 11 is 1.37. The molecule has 14 heavy (non-hydrogen) atoms. The standard InChI is InChI=1S/C9H17N3OS/c1-6(13-5)7-10-8(14-12-7)11-9(2,3)4/h6H,1-5H3,(H,10,11,12). The van der Waals surface area contributed by atoms with E-state index in [1.807, 2.05) is 6.92 Å². The molecular weight excluding hydrogens is 198 g/mol. The largest absolute Gasteiger partial charge is 0.374 e. The number of nitrogens with zero attached hydrogens (tertiary/aromatic N) is 2. The number of rotatable bonds is 3. The van der Waals surface area contributed by atoms with Gasteiger partial charge in [-0.25, -0.2) is 4.98 Å². The van der Waals surface area contributed by atoms with E-state index in [9.17, 15) is 0 Å². The molecule has 1 aromatic heterocycles. The number of ether oxygens (including phenoxy) is 1. The Morgan fingerprint density at radius 1 is 1.43 bits per heavy atom. The van der Waals surface area contributed by atoms with E-state index in [1.165, 1.54) is 11.5 Å². The number of nitrogens with one attached hydrogen (secondary N) is 1. The van der Waals surface area contributed by atoms with Gasteiger partial charge in [0.25, 0.3) is 0 Å². The summed E-state index contributed by atoms with van der Waals surface area (Å²) in [5, 5.41) is 4.11. The molecule has 0 aromatic carbocycles. The van der Waals surface area contributed by atoms with E-state index in [0.29, 0.717) is 0 Å². The van der Waals surface area contributed by atoms with Crippen molar-refractivity contribution in [3.8, 4) is 0 Å². The second-order valence-corrected chi connectivity index (χ2v) is 4.96. The molecule has 0 fully saturated rings. The Bertz CT molecular complexity index is 292. The summed E-state index contributed by atoms with van der Waals surface area (Å²) in [6.07, 6.45) is -0.0400. The highest BCUT2D eigenvalue weighted by Crippen LogP contribution is 2.20. The lowest BCUT2D eigenvalue weighted by Crippen LogP contribution is -2.25. The molecule has 0 aliphatic heterocycles. The Kier molecular flexibility index (Phi) is 3.44. The molecule has 0 saturated heterocycles. The molecule has 1 N–H and O–H groups in total. The van der Waals surface area contributed by atoms with Crippen molar-refractivity contribution in [3.63, 3.8) is 0 Å². The zero-order chi connectivity index (χ0) is 10.8. The fourth-order valence-electron chi connectivity index (χ4n) is 0.877. The molecule has 0 bridgehead atoms. The van der Waals surface area contributed by atoms with Crippen molar-refractivity contribution in [3.05, 3.63) is 5.82 Å². The predicted molar refractivity (Wildman–Crippen MR) is 58.7 cm³/mol. The van der Waals surface area contributed by atoms with Gasteiger partial charge in [-0.05, 0) is 27.7 Å². The normalized spacial score (nSPS) is 14.1. The number of methoxy groups -OCH3 is 1. The molecule has 0 saturated carbocycles. The topological polar surface area (TPSA) is 47.0 Å². The van der Waals surface area contributed by atoms with Gasteiger partial charge in [0.15, 0.2) is 5.82 Å². The summed E-state index contributed by atoms with van der Waals surface area (Å²) in [7, 11) is 1.66. The smallest absolute Gasteiger partial charge is 0.203 e. The Balaban J connectivity index is 2.69. The average molecular weight is 215 g/mol. The first-order chi connectivity index (χ1) is 6.42. The van der Waals surface area contributed by atoms with Crippen LogP contribution in [0.4, 0.5) is 5.13 Å². The lowest BCUT2D eigenvalue weighted by molar-refractivity contribution is 0.113. The molecule has 1 atom stereocenters. The van der Waals surface area contributed by atoms with Crippen LogP contribution in [0, 0.1) is 0 Å². The minimum absolute atomic E-state index is 0.0209. The number of anilines is 1. The van der Waals surface area contributed by atoms with Crippen molar-refractivity contribution >= 4 is 16.7 Å². The van der Waals surface area contributed by atoms with Gasteiger partial charge < -0.3 is 10.1 Å². The van der Waals surface area contributed by atoms with Crippen LogP contribution in [0.1, 0.15) is 39.6 Å². The Morgan fingerprint density at radius 3 is 2.57 bits per heavy atom. The molecule has 0 aliphatic carbocycles. The highest BCUT2D eigenvalue weighted by Gasteiger charge is 2.15. The molecule has 5 heteroatoms. The van der Waals surface area contributed by atoms with Crippen LogP contribution in [0.15, 0.2) is 0 Å². The molecule has 1 rings (SSSR count). The fraction of sp³-hybridized carbons (Fsp3) is 0.778. The molecule has 1 heterocycles. The summed E-state index contributed by atoms with van der Waals surface area (Å²) in [4.78, 5) is 4.34. The molecule has 0 spiro atoms.